The van der Waals surface area contributed by atoms with Crippen LogP contribution in [0.15, 0.2) is 24.3 Å². The van der Waals surface area contributed by atoms with E-state index in [1.807, 2.05) is 13.8 Å². The number of hydrogen-bond donors (Lipinski definition) is 4. The van der Waals surface area contributed by atoms with E-state index in [1.165, 1.54) is 4.90 Å². The Balaban J connectivity index is 2.30. The van der Waals surface area contributed by atoms with Crippen LogP contribution in [0.3, 0.4) is 0 Å². The lowest BCUT2D eigenvalue weighted by Gasteiger charge is -2.26. The Bertz CT molecular complexity index is 967. The predicted molar refractivity (Wildman–Crippen MR) is 137 cm³/mol. The van der Waals surface area contributed by atoms with E-state index in [9.17, 15) is 24.0 Å². The number of nitrogens with two attached hydrogens (primary N) is 1. The van der Waals surface area contributed by atoms with Gasteiger partial charge in [0.25, 0.3) is 5.91 Å². The van der Waals surface area contributed by atoms with Crippen LogP contribution in [0.5, 0.6) is 5.75 Å². The van der Waals surface area contributed by atoms with Crippen molar-refractivity contribution in [2.75, 3.05) is 46.4 Å². The van der Waals surface area contributed by atoms with Crippen LogP contribution in [0, 0.1) is 0 Å². The molecule has 204 valence electrons. The van der Waals surface area contributed by atoms with Gasteiger partial charge < -0.3 is 36.2 Å². The van der Waals surface area contributed by atoms with Crippen molar-refractivity contribution in [3.8, 4) is 5.75 Å². The lowest BCUT2D eigenvalue weighted by atomic mass is 10.1. The highest BCUT2D eigenvalue weighted by molar-refractivity contribution is 6.01. The van der Waals surface area contributed by atoms with E-state index in [0.29, 0.717) is 13.1 Å². The van der Waals surface area contributed by atoms with Crippen LogP contribution < -0.4 is 26.4 Å². The van der Waals surface area contributed by atoms with Gasteiger partial charge in [-0.3, -0.25) is 24.0 Å². The molecular weight excluding hydrogens is 480 g/mol. The monoisotopic (exact) mass is 518 g/mol. The summed E-state index contributed by atoms with van der Waals surface area (Å²) in [5.74, 6) is -2.47. The van der Waals surface area contributed by atoms with Crippen molar-refractivity contribution in [1.29, 1.82) is 0 Å². The highest BCUT2D eigenvalue weighted by Gasteiger charge is 2.30. The zero-order chi connectivity index (χ0) is 27.4. The first-order chi connectivity index (χ1) is 17.7. The lowest BCUT2D eigenvalue weighted by molar-refractivity contribution is -0.136. The van der Waals surface area contributed by atoms with Gasteiger partial charge in [-0.1, -0.05) is 26.0 Å². The molecule has 1 aliphatic heterocycles. The molecule has 0 spiro atoms. The number of carbonyl (C=O) groups excluding carboxylic acids is 5. The Hall–Kier alpha value is -3.67. The molecule has 0 aromatic heterocycles. The number of likely N-dealkylation sites (N-methyl/N-ethyl adjacent to an activating group) is 2. The number of benzene rings is 1. The molecule has 1 heterocycles. The summed E-state index contributed by atoms with van der Waals surface area (Å²) in [5.41, 5.74) is 5.45. The SMILES string of the molecule is CCN(CC)CCNC(=O)[C@@H]1CC(=O)N[C@@H](CCC(N)=O)C(=O)N(C)CCOc2ccccc2C(=O)N1. The number of ether oxygens (including phenoxy) is 1. The van der Waals surface area contributed by atoms with Gasteiger partial charge in [-0.05, 0) is 31.6 Å². The van der Waals surface area contributed by atoms with Gasteiger partial charge in [-0.2, -0.15) is 0 Å². The van der Waals surface area contributed by atoms with Crippen LogP contribution in [0.4, 0.5) is 0 Å². The summed E-state index contributed by atoms with van der Waals surface area (Å²) >= 11 is 0. The topological polar surface area (TPSA) is 163 Å². The Kier molecular flexibility index (Phi) is 11.8. The summed E-state index contributed by atoms with van der Waals surface area (Å²) in [7, 11) is 1.55. The molecule has 2 rings (SSSR count). The van der Waals surface area contributed by atoms with Crippen LogP contribution >= 0.6 is 0 Å². The molecule has 0 fully saturated rings. The minimum absolute atomic E-state index is 0.00102. The van der Waals surface area contributed by atoms with Crippen LogP contribution in [0.25, 0.3) is 0 Å². The third-order valence-corrected chi connectivity index (χ3v) is 6.14. The highest BCUT2D eigenvalue weighted by atomic mass is 16.5. The summed E-state index contributed by atoms with van der Waals surface area (Å²) in [6.45, 7) is 6.87. The number of primary amides is 1. The molecule has 0 bridgehead atoms. The van der Waals surface area contributed by atoms with E-state index in [2.05, 4.69) is 20.9 Å². The molecule has 2 atom stereocenters. The molecule has 0 aliphatic carbocycles. The average Bonchev–Trinajstić information content (AvgIpc) is 2.87. The van der Waals surface area contributed by atoms with Gasteiger partial charge in [0.1, 0.15) is 24.4 Å². The fourth-order valence-electron chi connectivity index (χ4n) is 3.88. The maximum Gasteiger partial charge on any atom is 0.255 e. The first-order valence-electron chi connectivity index (χ1n) is 12.5. The van der Waals surface area contributed by atoms with E-state index in [-0.39, 0.29) is 37.3 Å². The number of carbonyl (C=O) groups is 5. The van der Waals surface area contributed by atoms with Crippen molar-refractivity contribution >= 4 is 29.5 Å². The Labute approximate surface area is 217 Å². The molecule has 1 aliphatic rings. The van der Waals surface area contributed by atoms with E-state index >= 15 is 0 Å². The molecule has 12 heteroatoms. The highest BCUT2D eigenvalue weighted by Crippen LogP contribution is 2.18. The normalized spacial score (nSPS) is 19.2. The Morgan fingerprint density at radius 2 is 1.86 bits per heavy atom. The maximum absolute atomic E-state index is 13.1. The molecule has 12 nitrogen and oxygen atoms in total. The van der Waals surface area contributed by atoms with Gasteiger partial charge >= 0.3 is 0 Å². The second-order valence-corrected chi connectivity index (χ2v) is 8.78. The molecule has 37 heavy (non-hydrogen) atoms. The summed E-state index contributed by atoms with van der Waals surface area (Å²) in [6.07, 6.45) is -0.516. The number of fused-ring (bicyclic) bond motifs is 1. The quantitative estimate of drug-likeness (QED) is 0.334. The van der Waals surface area contributed by atoms with Crippen LogP contribution in [0.2, 0.25) is 0 Å². The first-order valence-corrected chi connectivity index (χ1v) is 12.5. The Morgan fingerprint density at radius 1 is 1.16 bits per heavy atom. The second-order valence-electron chi connectivity index (χ2n) is 8.78. The Morgan fingerprint density at radius 3 is 2.54 bits per heavy atom. The van der Waals surface area contributed by atoms with Gasteiger partial charge in [0, 0.05) is 26.6 Å². The molecule has 0 saturated carbocycles. The number of para-hydroxylation sites is 1. The lowest BCUT2D eigenvalue weighted by Crippen LogP contribution is -2.53. The van der Waals surface area contributed by atoms with Crippen molar-refractivity contribution in [3.63, 3.8) is 0 Å². The van der Waals surface area contributed by atoms with Gasteiger partial charge in [0.2, 0.25) is 23.6 Å². The molecule has 1 aromatic carbocycles. The molecule has 5 amide bonds. The van der Waals surface area contributed by atoms with Gasteiger partial charge in [-0.15, -0.1) is 0 Å². The fourth-order valence-corrected chi connectivity index (χ4v) is 3.88. The fraction of sp³-hybridized carbons (Fsp3) is 0.560. The van der Waals surface area contributed by atoms with Crippen molar-refractivity contribution in [1.82, 2.24) is 25.8 Å². The second kappa shape index (κ2) is 14.8. The van der Waals surface area contributed by atoms with Crippen molar-refractivity contribution in [3.05, 3.63) is 29.8 Å². The summed E-state index contributed by atoms with van der Waals surface area (Å²) in [4.78, 5) is 66.9. The minimum Gasteiger partial charge on any atom is -0.491 e. The molecule has 0 saturated heterocycles. The van der Waals surface area contributed by atoms with E-state index in [1.54, 1.807) is 31.3 Å². The van der Waals surface area contributed by atoms with Crippen molar-refractivity contribution in [2.45, 2.75) is 45.2 Å². The zero-order valence-electron chi connectivity index (χ0n) is 21.7. The zero-order valence-corrected chi connectivity index (χ0v) is 21.7. The summed E-state index contributed by atoms with van der Waals surface area (Å²) in [5, 5.41) is 8.01. The number of rotatable bonds is 9. The number of amides is 5. The predicted octanol–water partition coefficient (Wildman–Crippen LogP) is -0.766. The van der Waals surface area contributed by atoms with Crippen molar-refractivity contribution < 1.29 is 28.7 Å². The summed E-state index contributed by atoms with van der Waals surface area (Å²) < 4.78 is 5.77. The van der Waals surface area contributed by atoms with Crippen LogP contribution in [0.1, 0.15) is 43.5 Å². The van der Waals surface area contributed by atoms with E-state index in [4.69, 9.17) is 10.5 Å². The van der Waals surface area contributed by atoms with Crippen molar-refractivity contribution in [2.24, 2.45) is 5.73 Å². The number of nitrogens with one attached hydrogen (secondary N) is 3. The third-order valence-electron chi connectivity index (χ3n) is 6.14. The maximum atomic E-state index is 13.1. The third kappa shape index (κ3) is 9.37. The summed E-state index contributed by atoms with van der Waals surface area (Å²) in [6, 6.07) is 4.31. The van der Waals surface area contributed by atoms with Gasteiger partial charge in [-0.25, -0.2) is 0 Å². The first kappa shape index (κ1) is 29.6. The largest absolute Gasteiger partial charge is 0.491 e. The average molecular weight is 519 g/mol. The van der Waals surface area contributed by atoms with E-state index in [0.717, 1.165) is 13.1 Å². The molecule has 0 radical (unpaired) electrons. The molecule has 5 N–H and O–H groups in total. The van der Waals surface area contributed by atoms with Crippen LogP contribution in [-0.4, -0.2) is 97.8 Å². The number of nitrogens with zero attached hydrogens (tertiary/aromatic N) is 2. The van der Waals surface area contributed by atoms with Crippen LogP contribution in [-0.2, 0) is 19.2 Å². The smallest absolute Gasteiger partial charge is 0.255 e. The molecule has 0 unspecified atom stereocenters. The minimum atomic E-state index is -1.20. The van der Waals surface area contributed by atoms with Gasteiger partial charge in [0.15, 0.2) is 0 Å². The van der Waals surface area contributed by atoms with E-state index < -0.39 is 48.0 Å². The molecular formula is C25H38N6O6. The van der Waals surface area contributed by atoms with Gasteiger partial charge in [0.05, 0.1) is 18.5 Å². The number of hydrogen-bond acceptors (Lipinski definition) is 7. The standard InChI is InChI=1S/C25H38N6O6/c1-4-31(5-2)13-12-27-24(35)19-16-22(33)28-18(10-11-21(26)32)25(36)30(3)14-15-37-20-9-7-6-8-17(20)23(34)29-19/h6-9,18-19H,4-5,10-16H2,1-3H3,(H2,26,32)(H,27,35)(H,28,33)(H,29,34)/t18-,19-/m0/s1. The molecule has 1 aromatic rings.